The molecule has 2 aromatic rings. The maximum absolute atomic E-state index is 12.8. The number of carbonyl (C=O) groups excluding carboxylic acids is 2. The third kappa shape index (κ3) is 5.11. The molecular formula is C21H29N9O2. The number of rotatable bonds is 5. The summed E-state index contributed by atoms with van der Waals surface area (Å²) in [5, 5.41) is 10.7. The molecule has 0 atom stereocenters. The van der Waals surface area contributed by atoms with Crippen LogP contribution in [0.4, 0.5) is 10.6 Å². The number of urea groups is 1. The number of hydrazine groups is 1. The molecule has 3 rings (SSSR count). The predicted molar refractivity (Wildman–Crippen MR) is 122 cm³/mol. The fourth-order valence-electron chi connectivity index (χ4n) is 3.32. The fourth-order valence-corrected chi connectivity index (χ4v) is 3.32. The first-order valence-electron chi connectivity index (χ1n) is 10.4. The minimum atomic E-state index is -0.410. The number of nitrogens with two attached hydrogens (primary N) is 2. The zero-order chi connectivity index (χ0) is 23.3. The van der Waals surface area contributed by atoms with Gasteiger partial charge in [-0.2, -0.15) is 5.10 Å². The second-order valence-corrected chi connectivity index (χ2v) is 7.66. The Hall–Kier alpha value is -3.73. The lowest BCUT2D eigenvalue weighted by atomic mass is 10.0. The van der Waals surface area contributed by atoms with Gasteiger partial charge in [-0.05, 0) is 56.5 Å². The summed E-state index contributed by atoms with van der Waals surface area (Å²) >= 11 is 0. The molecule has 6 N–H and O–H groups in total. The van der Waals surface area contributed by atoms with Gasteiger partial charge in [0.1, 0.15) is 17.2 Å². The van der Waals surface area contributed by atoms with Crippen LogP contribution in [0.1, 0.15) is 48.1 Å². The molecule has 32 heavy (non-hydrogen) atoms. The van der Waals surface area contributed by atoms with Gasteiger partial charge >= 0.3 is 6.03 Å². The average molecular weight is 440 g/mol. The minimum Gasteiger partial charge on any atom is -0.338 e. The number of pyridine rings is 2. The van der Waals surface area contributed by atoms with Crippen LogP contribution >= 0.6 is 0 Å². The lowest BCUT2D eigenvalue weighted by molar-refractivity contribution is 0.102. The number of hydrogen-bond acceptors (Lipinski definition) is 7. The fraction of sp³-hybridized carbons (Fsp3) is 0.381. The van der Waals surface area contributed by atoms with Crippen LogP contribution in [0.25, 0.3) is 0 Å². The molecule has 0 fully saturated rings. The normalized spacial score (nSPS) is 13.5. The van der Waals surface area contributed by atoms with Crippen molar-refractivity contribution in [3.8, 4) is 0 Å². The van der Waals surface area contributed by atoms with Crippen molar-refractivity contribution in [3.63, 3.8) is 0 Å². The van der Waals surface area contributed by atoms with E-state index in [1.54, 1.807) is 35.4 Å². The largest absolute Gasteiger partial charge is 0.338 e. The molecule has 3 heterocycles. The molecule has 11 heteroatoms. The first-order valence-corrected chi connectivity index (χ1v) is 10.4. The van der Waals surface area contributed by atoms with Crippen LogP contribution in [0, 0.1) is 0 Å². The lowest BCUT2D eigenvalue weighted by Gasteiger charge is -2.28. The van der Waals surface area contributed by atoms with Crippen molar-refractivity contribution >= 4 is 23.6 Å². The van der Waals surface area contributed by atoms with Crippen LogP contribution in [0.3, 0.4) is 0 Å². The zero-order valence-corrected chi connectivity index (χ0v) is 18.5. The van der Waals surface area contributed by atoms with Gasteiger partial charge in [-0.15, -0.1) is 0 Å². The highest BCUT2D eigenvalue weighted by Gasteiger charge is 2.22. The molecule has 0 saturated carbocycles. The second-order valence-electron chi connectivity index (χ2n) is 7.66. The molecule has 0 aliphatic carbocycles. The number of hydrazone groups is 1. The number of hydrogen-bond donors (Lipinski definition) is 4. The van der Waals surface area contributed by atoms with Gasteiger partial charge < -0.3 is 21.4 Å². The number of nitrogens with one attached hydrogen (secondary N) is 2. The van der Waals surface area contributed by atoms with Gasteiger partial charge in [0.15, 0.2) is 5.84 Å². The van der Waals surface area contributed by atoms with Crippen LogP contribution in [0.15, 0.2) is 35.6 Å². The highest BCUT2D eigenvalue weighted by atomic mass is 16.2. The van der Waals surface area contributed by atoms with Crippen LogP contribution < -0.4 is 22.3 Å². The van der Waals surface area contributed by atoms with E-state index in [0.29, 0.717) is 43.4 Å². The summed E-state index contributed by atoms with van der Waals surface area (Å²) in [7, 11) is 0. The summed E-state index contributed by atoms with van der Waals surface area (Å²) < 4.78 is 0. The summed E-state index contributed by atoms with van der Waals surface area (Å²) in [6.45, 7) is 7.27. The molecule has 1 aliphatic rings. The minimum absolute atomic E-state index is 0.0454. The number of amides is 3. The third-order valence-corrected chi connectivity index (χ3v) is 5.09. The molecule has 1 aliphatic heterocycles. The van der Waals surface area contributed by atoms with E-state index in [1.807, 2.05) is 20.8 Å². The van der Waals surface area contributed by atoms with E-state index < -0.39 is 5.91 Å². The van der Waals surface area contributed by atoms with E-state index in [9.17, 15) is 9.59 Å². The lowest BCUT2D eigenvalue weighted by Crippen LogP contribution is -2.44. The summed E-state index contributed by atoms with van der Waals surface area (Å²) in [6, 6.07) is 6.64. The Morgan fingerprint density at radius 3 is 2.75 bits per heavy atom. The first-order chi connectivity index (χ1) is 15.3. The van der Waals surface area contributed by atoms with Gasteiger partial charge in [-0.25, -0.2) is 15.6 Å². The highest BCUT2D eigenvalue weighted by Crippen LogP contribution is 2.20. The number of nitrogens with zero attached hydrogens (tertiary/aromatic N) is 5. The molecular weight excluding hydrogens is 410 g/mol. The Morgan fingerprint density at radius 2 is 2.06 bits per heavy atom. The number of anilines is 1. The molecule has 0 bridgehead atoms. The SMILES string of the molecule is CCNC(=O)N1CCc2cnc(C(=O)Nc3cccc(/C(=N/N)N(N)C(C)C)n3)cc2C1. The average Bonchev–Trinajstić information content (AvgIpc) is 2.79. The van der Waals surface area contributed by atoms with Gasteiger partial charge in [-0.1, -0.05) is 6.07 Å². The summed E-state index contributed by atoms with van der Waals surface area (Å²) in [4.78, 5) is 35.4. The van der Waals surface area contributed by atoms with Gasteiger partial charge in [0.2, 0.25) is 0 Å². The van der Waals surface area contributed by atoms with E-state index in [4.69, 9.17) is 11.7 Å². The Morgan fingerprint density at radius 1 is 1.28 bits per heavy atom. The summed E-state index contributed by atoms with van der Waals surface area (Å²) in [6.07, 6.45) is 2.38. The van der Waals surface area contributed by atoms with Crippen LogP contribution in [0.5, 0.6) is 0 Å². The van der Waals surface area contributed by atoms with Crippen LogP contribution in [0.2, 0.25) is 0 Å². The maximum Gasteiger partial charge on any atom is 0.317 e. The standard InChI is InChI=1S/C21H29N9O2/c1-4-24-21(32)29-9-8-14-11-25-17(10-15(14)12-29)20(31)27-18-7-5-6-16(26-18)19(28-22)30(23)13(2)3/h5-7,10-11,13H,4,8-9,12,22-23H2,1-3H3,(H,24,32)(H,26,27,31)/b28-19-. The Bertz CT molecular complexity index is 1020. The Labute approximate surface area is 186 Å². The number of carbonyl (C=O) groups is 2. The summed E-state index contributed by atoms with van der Waals surface area (Å²) in [5.74, 6) is 11.7. The first kappa shape index (κ1) is 22.9. The van der Waals surface area contributed by atoms with Gasteiger partial charge in [-0.3, -0.25) is 14.8 Å². The topological polar surface area (TPSA) is 155 Å². The van der Waals surface area contributed by atoms with Crippen molar-refractivity contribution in [1.29, 1.82) is 0 Å². The highest BCUT2D eigenvalue weighted by molar-refractivity contribution is 6.03. The van der Waals surface area contributed by atoms with E-state index in [0.717, 1.165) is 11.1 Å². The van der Waals surface area contributed by atoms with E-state index >= 15 is 0 Å². The van der Waals surface area contributed by atoms with Crippen molar-refractivity contribution in [2.75, 3.05) is 18.4 Å². The number of amidine groups is 1. The van der Waals surface area contributed by atoms with Gasteiger partial charge in [0.05, 0.1) is 0 Å². The van der Waals surface area contributed by atoms with E-state index in [1.165, 1.54) is 5.01 Å². The number of fused-ring (bicyclic) bond motifs is 1. The van der Waals surface area contributed by atoms with Gasteiger partial charge in [0.25, 0.3) is 5.91 Å². The second kappa shape index (κ2) is 10.1. The molecule has 0 aromatic carbocycles. The van der Waals surface area contributed by atoms with E-state index in [2.05, 4.69) is 25.7 Å². The number of aromatic nitrogens is 2. The van der Waals surface area contributed by atoms with Gasteiger partial charge in [0, 0.05) is 31.9 Å². The predicted octanol–water partition coefficient (Wildman–Crippen LogP) is 1.02. The van der Waals surface area contributed by atoms with Crippen molar-refractivity contribution in [2.24, 2.45) is 16.8 Å². The van der Waals surface area contributed by atoms with Crippen LogP contribution in [-0.4, -0.2) is 56.8 Å². The van der Waals surface area contributed by atoms with Crippen molar-refractivity contribution in [3.05, 3.63) is 53.0 Å². The Kier molecular flexibility index (Phi) is 7.21. The van der Waals surface area contributed by atoms with Crippen molar-refractivity contribution < 1.29 is 9.59 Å². The molecule has 2 aromatic heterocycles. The van der Waals surface area contributed by atoms with Crippen molar-refractivity contribution in [1.82, 2.24) is 25.2 Å². The quantitative estimate of drug-likeness (QED) is 0.235. The van der Waals surface area contributed by atoms with Crippen LogP contribution in [-0.2, 0) is 13.0 Å². The summed E-state index contributed by atoms with van der Waals surface area (Å²) in [5.41, 5.74) is 2.60. The molecule has 0 saturated heterocycles. The third-order valence-electron chi connectivity index (χ3n) is 5.09. The molecule has 3 amide bonds. The maximum atomic E-state index is 12.8. The monoisotopic (exact) mass is 439 g/mol. The van der Waals surface area contributed by atoms with E-state index in [-0.39, 0.29) is 17.8 Å². The van der Waals surface area contributed by atoms with Crippen molar-refractivity contribution in [2.45, 2.75) is 39.8 Å². The zero-order valence-electron chi connectivity index (χ0n) is 18.5. The smallest absolute Gasteiger partial charge is 0.317 e. The molecule has 170 valence electrons. The molecule has 0 unspecified atom stereocenters. The Balaban J connectivity index is 1.76. The molecule has 11 nitrogen and oxygen atoms in total. The molecule has 0 spiro atoms. The molecule has 0 radical (unpaired) electrons.